The van der Waals surface area contributed by atoms with Gasteiger partial charge in [-0.1, -0.05) is 0 Å². The van der Waals surface area contributed by atoms with E-state index in [4.69, 9.17) is 0 Å². The fourth-order valence-corrected chi connectivity index (χ4v) is 3.74. The number of carbonyl (C=O) groups is 6. The maximum Gasteiger partial charge on any atom is 0.358 e. The topological polar surface area (TPSA) is 156 Å². The molecule has 2 atom stereocenters. The smallest absolute Gasteiger partial charge is 0.358 e. The van der Waals surface area contributed by atoms with Crippen molar-refractivity contribution in [2.24, 2.45) is 0 Å². The van der Waals surface area contributed by atoms with Crippen LogP contribution in [0.4, 0.5) is 4.79 Å². The summed E-state index contributed by atoms with van der Waals surface area (Å²) < 4.78 is 0. The molecule has 1 aromatic rings. The number of hydrogen-bond donors (Lipinski definition) is 3. The molecule has 0 spiro atoms. The zero-order valence-electron chi connectivity index (χ0n) is 18.0. The minimum atomic E-state index is -1.10. The average Bonchev–Trinajstić information content (AvgIpc) is 2.90. The van der Waals surface area contributed by atoms with Crippen LogP contribution in [0.3, 0.4) is 0 Å². The van der Waals surface area contributed by atoms with Crippen molar-refractivity contribution in [1.82, 2.24) is 25.8 Å². The van der Waals surface area contributed by atoms with Gasteiger partial charge in [-0.25, -0.2) is 19.8 Å². The van der Waals surface area contributed by atoms with Crippen molar-refractivity contribution >= 4 is 35.8 Å². The maximum absolute atomic E-state index is 13.3. The predicted molar refractivity (Wildman–Crippen MR) is 112 cm³/mol. The van der Waals surface area contributed by atoms with Crippen LogP contribution in [0.2, 0.25) is 0 Å². The van der Waals surface area contributed by atoms with E-state index >= 15 is 0 Å². The van der Waals surface area contributed by atoms with Gasteiger partial charge in [-0.3, -0.25) is 24.6 Å². The Kier molecular flexibility index (Phi) is 7.26. The molecule has 2 aliphatic rings. The third-order valence-corrected chi connectivity index (χ3v) is 5.33. The van der Waals surface area contributed by atoms with Crippen LogP contribution in [-0.2, 0) is 19.2 Å². The monoisotopic (exact) mass is 459 g/mol. The molecular formula is C21H25N5O7. The van der Waals surface area contributed by atoms with E-state index in [1.54, 1.807) is 0 Å². The summed E-state index contributed by atoms with van der Waals surface area (Å²) in [5, 5.41) is 15.0. The first kappa shape index (κ1) is 23.7. The molecule has 2 aliphatic heterocycles. The molecule has 0 saturated carbocycles. The Morgan fingerprint density at radius 1 is 1.18 bits per heavy atom. The van der Waals surface area contributed by atoms with Crippen molar-refractivity contribution in [3.05, 3.63) is 29.8 Å². The number of Topliss-reactive ketones (excluding diaryl/α,β-unsaturated/α-hetero) is 1. The fourth-order valence-electron chi connectivity index (χ4n) is 3.74. The predicted octanol–water partition coefficient (Wildman–Crippen LogP) is -0.266. The third kappa shape index (κ3) is 5.45. The van der Waals surface area contributed by atoms with Gasteiger partial charge < -0.3 is 15.2 Å². The van der Waals surface area contributed by atoms with Crippen LogP contribution < -0.4 is 10.7 Å². The van der Waals surface area contributed by atoms with E-state index in [-0.39, 0.29) is 49.4 Å². The van der Waals surface area contributed by atoms with Crippen LogP contribution >= 0.6 is 0 Å². The van der Waals surface area contributed by atoms with E-state index < -0.39 is 35.8 Å². The van der Waals surface area contributed by atoms with Crippen LogP contribution in [0, 0.1) is 0 Å². The number of rotatable bonds is 7. The normalized spacial score (nSPS) is 19.3. The summed E-state index contributed by atoms with van der Waals surface area (Å²) >= 11 is 0. The van der Waals surface area contributed by atoms with Crippen LogP contribution in [0.1, 0.15) is 43.0 Å². The number of nitrogens with zero attached hydrogens (tertiary/aromatic N) is 3. The second-order valence-electron chi connectivity index (χ2n) is 7.85. The molecule has 2 fully saturated rings. The van der Waals surface area contributed by atoms with Gasteiger partial charge in [-0.2, -0.15) is 0 Å². The molecule has 0 radical (unpaired) electrons. The summed E-state index contributed by atoms with van der Waals surface area (Å²) in [5.41, 5.74) is 2.63. The SMILES string of the molecule is CC(=O)CC(C=O)NC(=O)C1CCCN2C(=O)CCN(NC(=O)c3ccc(O)cc3)C(=O)N12. The summed E-state index contributed by atoms with van der Waals surface area (Å²) in [4.78, 5) is 74.0. The van der Waals surface area contributed by atoms with Crippen LogP contribution in [0.25, 0.3) is 0 Å². The van der Waals surface area contributed by atoms with E-state index in [2.05, 4.69) is 10.7 Å². The van der Waals surface area contributed by atoms with Crippen molar-refractivity contribution in [2.75, 3.05) is 13.1 Å². The van der Waals surface area contributed by atoms with E-state index in [0.717, 1.165) is 10.0 Å². The Morgan fingerprint density at radius 3 is 2.52 bits per heavy atom. The Hall–Kier alpha value is -3.96. The number of carbonyl (C=O) groups excluding carboxylic acids is 6. The summed E-state index contributed by atoms with van der Waals surface area (Å²) in [5.74, 6) is -2.02. The van der Waals surface area contributed by atoms with Gasteiger partial charge in [0, 0.05) is 24.9 Å². The van der Waals surface area contributed by atoms with Crippen molar-refractivity contribution in [2.45, 2.75) is 44.7 Å². The molecule has 0 bridgehead atoms. The second-order valence-corrected chi connectivity index (χ2v) is 7.85. The van der Waals surface area contributed by atoms with Gasteiger partial charge in [-0.05, 0) is 44.0 Å². The van der Waals surface area contributed by atoms with Crippen molar-refractivity contribution in [3.63, 3.8) is 0 Å². The molecule has 3 rings (SSSR count). The molecule has 0 aromatic heterocycles. The molecule has 1 aromatic carbocycles. The van der Waals surface area contributed by atoms with Crippen molar-refractivity contribution in [3.8, 4) is 5.75 Å². The molecule has 176 valence electrons. The highest BCUT2D eigenvalue weighted by Gasteiger charge is 2.44. The van der Waals surface area contributed by atoms with Gasteiger partial charge in [0.2, 0.25) is 11.8 Å². The molecular weight excluding hydrogens is 434 g/mol. The molecule has 0 aliphatic carbocycles. The highest BCUT2D eigenvalue weighted by Crippen LogP contribution is 2.24. The minimum absolute atomic E-state index is 0.0285. The van der Waals surface area contributed by atoms with Crippen molar-refractivity contribution in [1.29, 1.82) is 0 Å². The number of aldehydes is 1. The Morgan fingerprint density at radius 2 is 1.88 bits per heavy atom. The summed E-state index contributed by atoms with van der Waals surface area (Å²) in [6, 6.07) is 2.46. The number of ketones is 1. The standard InChI is InChI=1S/C21H25N5O7/c1-13(28)11-15(12-27)22-20(32)17-3-2-9-25-18(30)8-10-24(21(33)26(17)25)23-19(31)14-4-6-16(29)7-5-14/h4-7,12,15,17,29H,2-3,8-11H2,1H3,(H,22,32)(H,23,31). The number of urea groups is 1. The summed E-state index contributed by atoms with van der Waals surface area (Å²) in [6.45, 7) is 1.40. The molecule has 2 unspecified atom stereocenters. The average molecular weight is 459 g/mol. The van der Waals surface area contributed by atoms with Crippen molar-refractivity contribution < 1.29 is 33.9 Å². The van der Waals surface area contributed by atoms with Crippen LogP contribution in [0.5, 0.6) is 5.75 Å². The van der Waals surface area contributed by atoms with Gasteiger partial charge >= 0.3 is 6.03 Å². The number of fused-ring (bicyclic) bond motifs is 1. The zero-order valence-corrected chi connectivity index (χ0v) is 18.0. The molecule has 3 N–H and O–H groups in total. The molecule has 5 amide bonds. The van der Waals surface area contributed by atoms with E-state index in [1.807, 2.05) is 0 Å². The number of aromatic hydroxyl groups is 1. The summed E-state index contributed by atoms with van der Waals surface area (Å²) in [6.07, 6.45) is 0.860. The molecule has 33 heavy (non-hydrogen) atoms. The van der Waals surface area contributed by atoms with E-state index in [0.29, 0.717) is 12.7 Å². The first-order valence-electron chi connectivity index (χ1n) is 10.5. The van der Waals surface area contributed by atoms with Crippen LogP contribution in [0.15, 0.2) is 24.3 Å². The van der Waals surface area contributed by atoms with Gasteiger partial charge in [0.05, 0.1) is 12.6 Å². The third-order valence-electron chi connectivity index (χ3n) is 5.33. The highest BCUT2D eigenvalue weighted by atomic mass is 16.3. The molecule has 2 heterocycles. The Balaban J connectivity index is 1.80. The maximum atomic E-state index is 13.3. The lowest BCUT2D eigenvalue weighted by Crippen LogP contribution is -2.64. The summed E-state index contributed by atoms with van der Waals surface area (Å²) in [7, 11) is 0. The molecule has 2 saturated heterocycles. The lowest BCUT2D eigenvalue weighted by Gasteiger charge is -2.43. The lowest BCUT2D eigenvalue weighted by molar-refractivity contribution is -0.155. The largest absolute Gasteiger partial charge is 0.508 e. The number of phenolic OH excluding ortho intramolecular Hbond substituents is 1. The Bertz CT molecular complexity index is 964. The van der Waals surface area contributed by atoms with Gasteiger partial charge in [-0.15, -0.1) is 0 Å². The number of amides is 5. The number of benzene rings is 1. The number of nitrogens with one attached hydrogen (secondary N) is 2. The highest BCUT2D eigenvalue weighted by molar-refractivity contribution is 5.97. The van der Waals surface area contributed by atoms with Crippen LogP contribution in [-0.4, -0.2) is 81.1 Å². The second kappa shape index (κ2) is 10.1. The van der Waals surface area contributed by atoms with E-state index in [1.165, 1.54) is 36.2 Å². The first-order valence-corrected chi connectivity index (χ1v) is 10.5. The fraction of sp³-hybridized carbons (Fsp3) is 0.429. The minimum Gasteiger partial charge on any atom is -0.508 e. The lowest BCUT2D eigenvalue weighted by atomic mass is 10.1. The number of phenols is 1. The zero-order chi connectivity index (χ0) is 24.1. The molecule has 12 heteroatoms. The van der Waals surface area contributed by atoms with Gasteiger partial charge in [0.25, 0.3) is 5.91 Å². The Labute approximate surface area is 189 Å². The van der Waals surface area contributed by atoms with E-state index in [9.17, 15) is 33.9 Å². The number of hydrogen-bond acceptors (Lipinski definition) is 7. The van der Waals surface area contributed by atoms with Gasteiger partial charge in [0.1, 0.15) is 23.9 Å². The quantitative estimate of drug-likeness (QED) is 0.474. The first-order chi connectivity index (χ1) is 15.7. The molecule has 12 nitrogen and oxygen atoms in total. The van der Waals surface area contributed by atoms with Gasteiger partial charge in [0.15, 0.2) is 0 Å². The number of hydrazine groups is 2.